The second-order valence-electron chi connectivity index (χ2n) is 6.71. The first-order valence-corrected chi connectivity index (χ1v) is 9.07. The van der Waals surface area contributed by atoms with E-state index < -0.39 is 0 Å². The molecule has 0 aliphatic rings. The molecule has 0 aliphatic heterocycles. The zero-order valence-electron chi connectivity index (χ0n) is 16.2. The number of benzene rings is 2. The molecule has 0 spiro atoms. The minimum absolute atomic E-state index is 0.0842. The Hall–Kier alpha value is -3.08. The fraction of sp³-hybridized carbons (Fsp3) is 0.273. The average molecular weight is 363 g/mol. The second-order valence-corrected chi connectivity index (χ2v) is 6.71. The van der Waals surface area contributed by atoms with Crippen LogP contribution in [0.5, 0.6) is 5.75 Å². The smallest absolute Gasteiger partial charge is 0.227 e. The van der Waals surface area contributed by atoms with Gasteiger partial charge >= 0.3 is 0 Å². The lowest BCUT2D eigenvalue weighted by atomic mass is 10.1. The Labute approximate surface area is 160 Å². The molecular formula is C22H25N3O2. The SMILES string of the molecule is Cc1ccc(C)c(OCCC(=O)Nc2c(C)nn(-c3ccccc3)c2C)c1. The quantitative estimate of drug-likeness (QED) is 0.701. The molecule has 0 fully saturated rings. The van der Waals surface area contributed by atoms with E-state index in [-0.39, 0.29) is 12.3 Å². The molecule has 1 amide bonds. The van der Waals surface area contributed by atoms with Gasteiger partial charge < -0.3 is 10.1 Å². The molecule has 1 heterocycles. The molecule has 5 heteroatoms. The third-order valence-electron chi connectivity index (χ3n) is 4.49. The minimum atomic E-state index is -0.0842. The van der Waals surface area contributed by atoms with Gasteiger partial charge in [0.15, 0.2) is 0 Å². The molecule has 0 radical (unpaired) electrons. The van der Waals surface area contributed by atoms with E-state index in [2.05, 4.69) is 10.4 Å². The number of para-hydroxylation sites is 1. The Kier molecular flexibility index (Phi) is 5.60. The fourth-order valence-corrected chi connectivity index (χ4v) is 2.96. The van der Waals surface area contributed by atoms with Crippen LogP contribution in [0, 0.1) is 27.7 Å². The number of nitrogens with zero attached hydrogens (tertiary/aromatic N) is 2. The number of carbonyl (C=O) groups is 1. The van der Waals surface area contributed by atoms with Crippen LogP contribution in [0.2, 0.25) is 0 Å². The Morgan fingerprint density at radius 2 is 1.81 bits per heavy atom. The zero-order chi connectivity index (χ0) is 19.4. The topological polar surface area (TPSA) is 56.1 Å². The van der Waals surface area contributed by atoms with Crippen molar-refractivity contribution < 1.29 is 9.53 Å². The summed E-state index contributed by atoms with van der Waals surface area (Å²) in [5.41, 5.74) is 5.63. The summed E-state index contributed by atoms with van der Waals surface area (Å²) in [6.45, 7) is 8.21. The molecule has 140 valence electrons. The van der Waals surface area contributed by atoms with Crippen molar-refractivity contribution in [1.29, 1.82) is 0 Å². The van der Waals surface area contributed by atoms with Gasteiger partial charge in [0.25, 0.3) is 0 Å². The normalized spacial score (nSPS) is 10.7. The largest absolute Gasteiger partial charge is 0.493 e. The molecule has 1 N–H and O–H groups in total. The van der Waals surface area contributed by atoms with Gasteiger partial charge in [-0.2, -0.15) is 5.10 Å². The van der Waals surface area contributed by atoms with Gasteiger partial charge in [0, 0.05) is 0 Å². The van der Waals surface area contributed by atoms with E-state index in [4.69, 9.17) is 4.74 Å². The molecule has 1 aromatic heterocycles. The molecule has 0 atom stereocenters. The number of ether oxygens (including phenoxy) is 1. The maximum Gasteiger partial charge on any atom is 0.227 e. The third-order valence-corrected chi connectivity index (χ3v) is 4.49. The molecule has 3 aromatic rings. The minimum Gasteiger partial charge on any atom is -0.493 e. The van der Waals surface area contributed by atoms with Crippen LogP contribution in [-0.2, 0) is 4.79 Å². The van der Waals surface area contributed by atoms with E-state index in [0.717, 1.165) is 39.6 Å². The van der Waals surface area contributed by atoms with E-state index in [1.165, 1.54) is 0 Å². The molecular weight excluding hydrogens is 338 g/mol. The Bertz CT molecular complexity index is 946. The highest BCUT2D eigenvalue weighted by molar-refractivity contribution is 5.92. The molecule has 0 saturated heterocycles. The average Bonchev–Trinajstić information content (AvgIpc) is 2.93. The van der Waals surface area contributed by atoms with Crippen molar-refractivity contribution in [3.8, 4) is 11.4 Å². The van der Waals surface area contributed by atoms with Crippen molar-refractivity contribution in [3.05, 3.63) is 71.0 Å². The number of carbonyl (C=O) groups excluding carboxylic acids is 1. The maximum absolute atomic E-state index is 12.4. The van der Waals surface area contributed by atoms with Gasteiger partial charge in [0.1, 0.15) is 5.75 Å². The lowest BCUT2D eigenvalue weighted by Gasteiger charge is -2.10. The van der Waals surface area contributed by atoms with Crippen LogP contribution in [0.4, 0.5) is 5.69 Å². The lowest BCUT2D eigenvalue weighted by molar-refractivity contribution is -0.116. The predicted octanol–water partition coefficient (Wildman–Crippen LogP) is 4.51. The van der Waals surface area contributed by atoms with Crippen LogP contribution < -0.4 is 10.1 Å². The standard InChI is InChI=1S/C22H25N3O2/c1-15-10-11-16(2)20(14-15)27-13-12-21(26)23-22-17(3)24-25(18(22)4)19-8-6-5-7-9-19/h5-11,14H,12-13H2,1-4H3,(H,23,26). The van der Waals surface area contributed by atoms with Gasteiger partial charge in [-0.1, -0.05) is 30.3 Å². The summed E-state index contributed by atoms with van der Waals surface area (Å²) in [5.74, 6) is 0.742. The number of anilines is 1. The number of rotatable bonds is 6. The Balaban J connectivity index is 1.63. The van der Waals surface area contributed by atoms with Gasteiger partial charge in [0.05, 0.1) is 35.8 Å². The summed E-state index contributed by atoms with van der Waals surface area (Å²) in [4.78, 5) is 12.4. The summed E-state index contributed by atoms with van der Waals surface area (Å²) >= 11 is 0. The third kappa shape index (κ3) is 4.37. The van der Waals surface area contributed by atoms with Crippen molar-refractivity contribution >= 4 is 11.6 Å². The molecule has 3 rings (SSSR count). The lowest BCUT2D eigenvalue weighted by Crippen LogP contribution is -2.16. The van der Waals surface area contributed by atoms with Crippen LogP contribution >= 0.6 is 0 Å². The summed E-state index contributed by atoms with van der Waals surface area (Å²) in [6, 6.07) is 15.9. The van der Waals surface area contributed by atoms with Crippen LogP contribution in [0.3, 0.4) is 0 Å². The van der Waals surface area contributed by atoms with E-state index in [9.17, 15) is 4.79 Å². The summed E-state index contributed by atoms with van der Waals surface area (Å²) in [7, 11) is 0. The molecule has 0 unspecified atom stereocenters. The molecule has 0 bridgehead atoms. The number of hydrogen-bond donors (Lipinski definition) is 1. The Morgan fingerprint density at radius 3 is 2.56 bits per heavy atom. The number of nitrogens with one attached hydrogen (secondary N) is 1. The number of hydrogen-bond acceptors (Lipinski definition) is 3. The van der Waals surface area contributed by atoms with Gasteiger partial charge in [0.2, 0.25) is 5.91 Å². The van der Waals surface area contributed by atoms with Gasteiger partial charge in [-0.25, -0.2) is 4.68 Å². The molecule has 2 aromatic carbocycles. The van der Waals surface area contributed by atoms with Crippen molar-refractivity contribution in [1.82, 2.24) is 9.78 Å². The Morgan fingerprint density at radius 1 is 1.07 bits per heavy atom. The highest BCUT2D eigenvalue weighted by atomic mass is 16.5. The van der Waals surface area contributed by atoms with E-state index >= 15 is 0 Å². The first-order valence-electron chi connectivity index (χ1n) is 9.07. The maximum atomic E-state index is 12.4. The molecule has 5 nitrogen and oxygen atoms in total. The molecule has 0 saturated carbocycles. The first kappa shape index (κ1) is 18.7. The first-order chi connectivity index (χ1) is 13.0. The van der Waals surface area contributed by atoms with E-state index in [1.807, 2.05) is 80.9 Å². The highest BCUT2D eigenvalue weighted by Gasteiger charge is 2.15. The van der Waals surface area contributed by atoms with E-state index in [0.29, 0.717) is 6.61 Å². The van der Waals surface area contributed by atoms with Crippen LogP contribution in [0.15, 0.2) is 48.5 Å². The summed E-state index contributed by atoms with van der Waals surface area (Å²) in [5, 5.41) is 7.53. The number of aromatic nitrogens is 2. The van der Waals surface area contributed by atoms with Crippen LogP contribution in [0.25, 0.3) is 5.69 Å². The van der Waals surface area contributed by atoms with Gasteiger partial charge in [-0.05, 0) is 57.0 Å². The monoisotopic (exact) mass is 363 g/mol. The molecule has 27 heavy (non-hydrogen) atoms. The van der Waals surface area contributed by atoms with Crippen molar-refractivity contribution in [2.45, 2.75) is 34.1 Å². The second kappa shape index (κ2) is 8.08. The van der Waals surface area contributed by atoms with Gasteiger partial charge in [-0.15, -0.1) is 0 Å². The highest BCUT2D eigenvalue weighted by Crippen LogP contribution is 2.23. The van der Waals surface area contributed by atoms with Crippen LogP contribution in [0.1, 0.15) is 28.9 Å². The number of amides is 1. The fourth-order valence-electron chi connectivity index (χ4n) is 2.96. The van der Waals surface area contributed by atoms with Crippen molar-refractivity contribution in [2.75, 3.05) is 11.9 Å². The van der Waals surface area contributed by atoms with Crippen molar-refractivity contribution in [2.24, 2.45) is 0 Å². The predicted molar refractivity (Wildman–Crippen MR) is 108 cm³/mol. The summed E-state index contributed by atoms with van der Waals surface area (Å²) < 4.78 is 7.62. The molecule has 0 aliphatic carbocycles. The summed E-state index contributed by atoms with van der Waals surface area (Å²) in [6.07, 6.45) is 0.281. The van der Waals surface area contributed by atoms with Crippen LogP contribution in [-0.4, -0.2) is 22.3 Å². The van der Waals surface area contributed by atoms with E-state index in [1.54, 1.807) is 0 Å². The zero-order valence-corrected chi connectivity index (χ0v) is 16.2. The number of aryl methyl sites for hydroxylation is 3. The van der Waals surface area contributed by atoms with Gasteiger partial charge in [-0.3, -0.25) is 4.79 Å². The van der Waals surface area contributed by atoms with Crippen molar-refractivity contribution in [3.63, 3.8) is 0 Å².